The summed E-state index contributed by atoms with van der Waals surface area (Å²) in [5, 5.41) is 9.96. The average Bonchev–Trinajstić information content (AvgIpc) is 2.40. The molecule has 0 saturated heterocycles. The van der Waals surface area contributed by atoms with Crippen LogP contribution in [0.25, 0.3) is 0 Å². The summed E-state index contributed by atoms with van der Waals surface area (Å²) in [6, 6.07) is 8.49. The fourth-order valence-electron chi connectivity index (χ4n) is 2.14. The van der Waals surface area contributed by atoms with Gasteiger partial charge >= 0.3 is 0 Å². The van der Waals surface area contributed by atoms with E-state index in [1.54, 1.807) is 11.8 Å². The van der Waals surface area contributed by atoms with Gasteiger partial charge in [-0.3, -0.25) is 0 Å². The fourth-order valence-corrected chi connectivity index (χ4v) is 3.14. The number of aliphatic hydroxyl groups excluding tert-OH is 1. The summed E-state index contributed by atoms with van der Waals surface area (Å²) in [4.78, 5) is 1.27. The molecule has 1 unspecified atom stereocenters. The number of hydrogen-bond donors (Lipinski definition) is 1. The molecular formula is C17H28OS. The Morgan fingerprint density at radius 1 is 1.11 bits per heavy atom. The molecule has 0 bridgehead atoms. The zero-order valence-electron chi connectivity index (χ0n) is 12.4. The second-order valence-corrected chi connectivity index (χ2v) is 6.43. The van der Waals surface area contributed by atoms with E-state index in [4.69, 9.17) is 0 Å². The molecule has 108 valence electrons. The standard InChI is InChI=1S/C17H28OS/c1-3-4-5-6-7-8-11-16(18)14-19-17-12-9-10-15(2)13-17/h9-10,12-13,16,18H,3-8,11,14H2,1-2H3. The molecule has 0 aliphatic carbocycles. The van der Waals surface area contributed by atoms with Crippen LogP contribution in [0, 0.1) is 6.92 Å². The third-order valence-corrected chi connectivity index (χ3v) is 4.46. The maximum atomic E-state index is 9.96. The van der Waals surface area contributed by atoms with Gasteiger partial charge in [0.25, 0.3) is 0 Å². The highest BCUT2D eigenvalue weighted by atomic mass is 32.2. The van der Waals surface area contributed by atoms with Crippen LogP contribution >= 0.6 is 11.8 Å². The van der Waals surface area contributed by atoms with Crippen LogP contribution in [0.15, 0.2) is 29.2 Å². The zero-order valence-corrected chi connectivity index (χ0v) is 13.2. The summed E-state index contributed by atoms with van der Waals surface area (Å²) in [7, 11) is 0. The van der Waals surface area contributed by atoms with Gasteiger partial charge in [-0.2, -0.15) is 0 Å². The number of aryl methyl sites for hydroxylation is 1. The van der Waals surface area contributed by atoms with E-state index < -0.39 is 0 Å². The summed E-state index contributed by atoms with van der Waals surface area (Å²) in [5.41, 5.74) is 1.29. The monoisotopic (exact) mass is 280 g/mol. The molecule has 0 aromatic heterocycles. The van der Waals surface area contributed by atoms with E-state index in [-0.39, 0.29) is 6.10 Å². The summed E-state index contributed by atoms with van der Waals surface area (Å²) in [5.74, 6) is 0.818. The van der Waals surface area contributed by atoms with Crippen LogP contribution < -0.4 is 0 Å². The summed E-state index contributed by atoms with van der Waals surface area (Å²) >= 11 is 1.76. The molecule has 1 aromatic rings. The molecule has 0 saturated carbocycles. The van der Waals surface area contributed by atoms with Gasteiger partial charge in [-0.15, -0.1) is 11.8 Å². The van der Waals surface area contributed by atoms with Crippen molar-refractivity contribution in [1.82, 2.24) is 0 Å². The second kappa shape index (κ2) is 10.3. The molecule has 0 heterocycles. The highest BCUT2D eigenvalue weighted by Gasteiger charge is 2.05. The highest BCUT2D eigenvalue weighted by Crippen LogP contribution is 2.21. The first-order valence-corrected chi connectivity index (χ1v) is 8.58. The number of benzene rings is 1. The number of aliphatic hydroxyl groups is 1. The van der Waals surface area contributed by atoms with Crippen molar-refractivity contribution in [2.45, 2.75) is 69.8 Å². The molecule has 19 heavy (non-hydrogen) atoms. The van der Waals surface area contributed by atoms with Crippen molar-refractivity contribution in [3.63, 3.8) is 0 Å². The van der Waals surface area contributed by atoms with E-state index in [1.165, 1.54) is 49.0 Å². The molecule has 1 rings (SSSR count). The Morgan fingerprint density at radius 3 is 2.58 bits per heavy atom. The molecule has 0 aliphatic heterocycles. The van der Waals surface area contributed by atoms with E-state index in [9.17, 15) is 5.11 Å². The largest absolute Gasteiger partial charge is 0.392 e. The fraction of sp³-hybridized carbons (Fsp3) is 0.647. The van der Waals surface area contributed by atoms with Gasteiger partial charge in [-0.1, -0.05) is 63.1 Å². The van der Waals surface area contributed by atoms with Crippen molar-refractivity contribution < 1.29 is 5.11 Å². The summed E-state index contributed by atoms with van der Waals surface area (Å²) in [6.45, 7) is 4.35. The average molecular weight is 280 g/mol. The van der Waals surface area contributed by atoms with Crippen LogP contribution in [-0.4, -0.2) is 17.0 Å². The Labute approximate surface area is 122 Å². The third kappa shape index (κ3) is 8.33. The van der Waals surface area contributed by atoms with Gasteiger partial charge in [0.2, 0.25) is 0 Å². The van der Waals surface area contributed by atoms with Gasteiger partial charge in [0.15, 0.2) is 0 Å². The minimum atomic E-state index is -0.156. The van der Waals surface area contributed by atoms with Crippen molar-refractivity contribution in [3.05, 3.63) is 29.8 Å². The second-order valence-electron chi connectivity index (χ2n) is 5.34. The van der Waals surface area contributed by atoms with Gasteiger partial charge < -0.3 is 5.11 Å². The van der Waals surface area contributed by atoms with Crippen molar-refractivity contribution >= 4 is 11.8 Å². The first kappa shape index (κ1) is 16.6. The lowest BCUT2D eigenvalue weighted by Crippen LogP contribution is -2.09. The smallest absolute Gasteiger partial charge is 0.0634 e. The first-order chi connectivity index (χ1) is 9.22. The van der Waals surface area contributed by atoms with Crippen LogP contribution in [0.1, 0.15) is 57.4 Å². The Balaban J connectivity index is 2.06. The van der Waals surface area contributed by atoms with E-state index >= 15 is 0 Å². The Bertz CT molecular complexity index is 338. The summed E-state index contributed by atoms with van der Waals surface area (Å²) in [6.07, 6.45) is 8.56. The SMILES string of the molecule is CCCCCCCCC(O)CSc1cccc(C)c1. The van der Waals surface area contributed by atoms with E-state index in [1.807, 2.05) is 0 Å². The highest BCUT2D eigenvalue weighted by molar-refractivity contribution is 7.99. The van der Waals surface area contributed by atoms with Gasteiger partial charge in [-0.05, 0) is 25.5 Å². The van der Waals surface area contributed by atoms with Crippen molar-refractivity contribution in [3.8, 4) is 0 Å². The molecule has 2 heteroatoms. The summed E-state index contributed by atoms with van der Waals surface area (Å²) < 4.78 is 0. The van der Waals surface area contributed by atoms with Crippen molar-refractivity contribution in [1.29, 1.82) is 0 Å². The first-order valence-electron chi connectivity index (χ1n) is 7.60. The van der Waals surface area contributed by atoms with Gasteiger partial charge in [-0.25, -0.2) is 0 Å². The van der Waals surface area contributed by atoms with Crippen LogP contribution in [0.4, 0.5) is 0 Å². The minimum absolute atomic E-state index is 0.156. The lowest BCUT2D eigenvalue weighted by molar-refractivity contribution is 0.185. The number of thioether (sulfide) groups is 1. The minimum Gasteiger partial charge on any atom is -0.392 e. The molecule has 1 N–H and O–H groups in total. The van der Waals surface area contributed by atoms with E-state index in [0.717, 1.165) is 12.2 Å². The molecule has 1 nitrogen and oxygen atoms in total. The normalized spacial score (nSPS) is 12.6. The van der Waals surface area contributed by atoms with Crippen LogP contribution in [0.2, 0.25) is 0 Å². The number of rotatable bonds is 10. The lowest BCUT2D eigenvalue weighted by atomic mass is 10.1. The number of unbranched alkanes of at least 4 members (excludes halogenated alkanes) is 5. The van der Waals surface area contributed by atoms with Crippen LogP contribution in [0.5, 0.6) is 0 Å². The predicted molar refractivity (Wildman–Crippen MR) is 85.9 cm³/mol. The van der Waals surface area contributed by atoms with Gasteiger partial charge in [0.1, 0.15) is 0 Å². The van der Waals surface area contributed by atoms with Crippen LogP contribution in [-0.2, 0) is 0 Å². The topological polar surface area (TPSA) is 20.2 Å². The zero-order chi connectivity index (χ0) is 13.9. The van der Waals surface area contributed by atoms with Gasteiger partial charge in [0.05, 0.1) is 6.10 Å². The van der Waals surface area contributed by atoms with E-state index in [2.05, 4.69) is 38.1 Å². The molecule has 0 fully saturated rings. The molecule has 1 aromatic carbocycles. The number of hydrogen-bond acceptors (Lipinski definition) is 2. The van der Waals surface area contributed by atoms with Crippen LogP contribution in [0.3, 0.4) is 0 Å². The Kier molecular flexibility index (Phi) is 9.02. The third-order valence-electron chi connectivity index (χ3n) is 3.32. The molecular weight excluding hydrogens is 252 g/mol. The molecule has 0 spiro atoms. The maximum Gasteiger partial charge on any atom is 0.0634 e. The quantitative estimate of drug-likeness (QED) is 0.469. The molecule has 0 amide bonds. The predicted octanol–water partition coefficient (Wildman–Crippen LogP) is 5.20. The lowest BCUT2D eigenvalue weighted by Gasteiger charge is -2.10. The molecule has 0 radical (unpaired) electrons. The van der Waals surface area contributed by atoms with Crippen molar-refractivity contribution in [2.24, 2.45) is 0 Å². The van der Waals surface area contributed by atoms with Crippen molar-refractivity contribution in [2.75, 3.05) is 5.75 Å². The Morgan fingerprint density at radius 2 is 1.84 bits per heavy atom. The molecule has 1 atom stereocenters. The van der Waals surface area contributed by atoms with Gasteiger partial charge in [0, 0.05) is 10.6 Å². The molecule has 0 aliphatic rings. The van der Waals surface area contributed by atoms with E-state index in [0.29, 0.717) is 0 Å². The Hall–Kier alpha value is -0.470. The maximum absolute atomic E-state index is 9.96.